The molecule has 0 aromatic heterocycles. The molecule has 0 radical (unpaired) electrons. The number of allylic oxidation sites excluding steroid dienone is 4. The molecule has 2 aliphatic carbocycles. The number of aliphatic hydroxyl groups is 4. The van der Waals surface area contributed by atoms with Gasteiger partial charge in [-0.2, -0.15) is 0 Å². The monoisotopic (exact) mass is 416 g/mol. The van der Waals surface area contributed by atoms with Crippen LogP contribution in [0.4, 0.5) is 0 Å². The summed E-state index contributed by atoms with van der Waals surface area (Å²) in [5, 5.41) is 39.9. The van der Waals surface area contributed by atoms with E-state index in [0.29, 0.717) is 0 Å². The highest BCUT2D eigenvalue weighted by Crippen LogP contribution is 2.31. The molecule has 0 spiro atoms. The van der Waals surface area contributed by atoms with Gasteiger partial charge in [-0.3, -0.25) is 0 Å². The van der Waals surface area contributed by atoms with E-state index in [9.17, 15) is 20.4 Å². The van der Waals surface area contributed by atoms with Crippen LogP contribution in [-0.4, -0.2) is 45.8 Å². The predicted molar refractivity (Wildman–Crippen MR) is 123 cm³/mol. The quantitative estimate of drug-likeness (QED) is 0.381. The third-order valence-corrected chi connectivity index (χ3v) is 6.28. The molecule has 2 unspecified atom stereocenters. The zero-order chi connectivity index (χ0) is 22.4. The molecule has 0 saturated heterocycles. The molecule has 0 amide bonds. The first-order valence-electron chi connectivity index (χ1n) is 11.2. The third kappa shape index (κ3) is 7.05. The summed E-state index contributed by atoms with van der Waals surface area (Å²) >= 11 is 0. The molecule has 168 valence electrons. The summed E-state index contributed by atoms with van der Waals surface area (Å²) in [6, 6.07) is 0. The van der Waals surface area contributed by atoms with Crippen LogP contribution in [0.2, 0.25) is 0 Å². The molecule has 0 aliphatic heterocycles. The highest BCUT2D eigenvalue weighted by atomic mass is 16.3. The fourth-order valence-corrected chi connectivity index (χ4v) is 3.83. The van der Waals surface area contributed by atoms with Gasteiger partial charge in [0.2, 0.25) is 0 Å². The summed E-state index contributed by atoms with van der Waals surface area (Å²) in [6.45, 7) is 8.55. The Kier molecular flexibility index (Phi) is 8.86. The zero-order valence-corrected chi connectivity index (χ0v) is 19.1. The van der Waals surface area contributed by atoms with Crippen LogP contribution >= 0.6 is 0 Å². The molecule has 30 heavy (non-hydrogen) atoms. The topological polar surface area (TPSA) is 80.9 Å². The molecule has 0 saturated carbocycles. The SMILES string of the molecule is CC(C)(CO)CCCC1=CC=C(C=CC2=CC=C(CCCC(C)(C)CO)C2O)C1O. The van der Waals surface area contributed by atoms with Gasteiger partial charge in [0.05, 0.1) is 0 Å². The van der Waals surface area contributed by atoms with Crippen molar-refractivity contribution in [2.24, 2.45) is 10.8 Å². The standard InChI is InChI=1S/C26H40O4/c1-25(2,17-27)15-5-7-19-9-11-21(23(19)29)13-14-22-12-10-20(24(22)30)8-6-16-26(3,4)18-28/h9-14,23-24,27-30H,5-8,15-18H2,1-4H3. The third-order valence-electron chi connectivity index (χ3n) is 6.28. The van der Waals surface area contributed by atoms with Crippen molar-refractivity contribution in [1.82, 2.24) is 0 Å². The van der Waals surface area contributed by atoms with Gasteiger partial charge < -0.3 is 20.4 Å². The van der Waals surface area contributed by atoms with E-state index in [0.717, 1.165) is 60.8 Å². The number of hydrogen-bond donors (Lipinski definition) is 4. The van der Waals surface area contributed by atoms with Gasteiger partial charge in [0.1, 0.15) is 12.2 Å². The second-order valence-corrected chi connectivity index (χ2v) is 10.3. The van der Waals surface area contributed by atoms with Gasteiger partial charge >= 0.3 is 0 Å². The molecule has 0 heterocycles. The molecule has 4 nitrogen and oxygen atoms in total. The molecule has 0 bridgehead atoms. The largest absolute Gasteiger partial charge is 0.396 e. The van der Waals surface area contributed by atoms with Crippen LogP contribution in [0.5, 0.6) is 0 Å². The second-order valence-electron chi connectivity index (χ2n) is 10.3. The van der Waals surface area contributed by atoms with E-state index >= 15 is 0 Å². The smallest absolute Gasteiger partial charge is 0.100 e. The summed E-state index contributed by atoms with van der Waals surface area (Å²) in [6.07, 6.45) is 15.8. The first-order chi connectivity index (χ1) is 14.1. The van der Waals surface area contributed by atoms with E-state index in [2.05, 4.69) is 27.7 Å². The summed E-state index contributed by atoms with van der Waals surface area (Å²) in [4.78, 5) is 0. The highest BCUT2D eigenvalue weighted by molar-refractivity contribution is 5.48. The van der Waals surface area contributed by atoms with E-state index in [1.807, 2.05) is 36.5 Å². The highest BCUT2D eigenvalue weighted by Gasteiger charge is 2.23. The first kappa shape index (κ1) is 24.8. The van der Waals surface area contributed by atoms with Gasteiger partial charge in [0.15, 0.2) is 0 Å². The van der Waals surface area contributed by atoms with Gasteiger partial charge in [-0.25, -0.2) is 0 Å². The van der Waals surface area contributed by atoms with E-state index in [1.165, 1.54) is 0 Å². The maximum absolute atomic E-state index is 10.6. The lowest BCUT2D eigenvalue weighted by Crippen LogP contribution is -2.17. The van der Waals surface area contributed by atoms with Gasteiger partial charge in [0.25, 0.3) is 0 Å². The van der Waals surface area contributed by atoms with Crippen molar-refractivity contribution < 1.29 is 20.4 Å². The molecule has 2 aliphatic rings. The molecule has 0 aromatic rings. The molecule has 0 aromatic carbocycles. The van der Waals surface area contributed by atoms with Crippen molar-refractivity contribution in [2.45, 2.75) is 78.4 Å². The van der Waals surface area contributed by atoms with Crippen LogP contribution in [0.1, 0.15) is 66.2 Å². The van der Waals surface area contributed by atoms with E-state index < -0.39 is 12.2 Å². The lowest BCUT2D eigenvalue weighted by atomic mass is 9.87. The van der Waals surface area contributed by atoms with Gasteiger partial charge in [-0.15, -0.1) is 0 Å². The second kappa shape index (κ2) is 10.7. The van der Waals surface area contributed by atoms with Crippen LogP contribution in [-0.2, 0) is 0 Å². The summed E-state index contributed by atoms with van der Waals surface area (Å²) in [5.41, 5.74) is 3.55. The Bertz CT molecular complexity index is 672. The Balaban J connectivity index is 1.78. The summed E-state index contributed by atoms with van der Waals surface area (Å²) in [5.74, 6) is 0. The normalized spacial score (nSPS) is 22.4. The average molecular weight is 417 g/mol. The zero-order valence-electron chi connectivity index (χ0n) is 19.1. The van der Waals surface area contributed by atoms with Crippen molar-refractivity contribution in [2.75, 3.05) is 13.2 Å². The fourth-order valence-electron chi connectivity index (χ4n) is 3.83. The molecular formula is C26H40O4. The molecule has 2 rings (SSSR count). The molecule has 4 N–H and O–H groups in total. The fraction of sp³-hybridized carbons (Fsp3) is 0.615. The van der Waals surface area contributed by atoms with Crippen molar-refractivity contribution in [3.63, 3.8) is 0 Å². The Morgan fingerprint density at radius 3 is 1.40 bits per heavy atom. The van der Waals surface area contributed by atoms with Crippen LogP contribution in [0.15, 0.2) is 58.7 Å². The molecule has 0 fully saturated rings. The van der Waals surface area contributed by atoms with Crippen molar-refractivity contribution in [3.05, 3.63) is 58.7 Å². The van der Waals surface area contributed by atoms with E-state index in [-0.39, 0.29) is 24.0 Å². The number of rotatable bonds is 12. The first-order valence-corrected chi connectivity index (χ1v) is 11.2. The van der Waals surface area contributed by atoms with Crippen LogP contribution in [0, 0.1) is 10.8 Å². The minimum absolute atomic E-state index is 0.0794. The maximum atomic E-state index is 10.6. The van der Waals surface area contributed by atoms with Crippen molar-refractivity contribution in [1.29, 1.82) is 0 Å². The summed E-state index contributed by atoms with van der Waals surface area (Å²) in [7, 11) is 0. The average Bonchev–Trinajstić information content (AvgIpc) is 3.23. The Labute approximate surface area is 182 Å². The molecule has 2 atom stereocenters. The van der Waals surface area contributed by atoms with Crippen LogP contribution < -0.4 is 0 Å². The molecule has 4 heteroatoms. The maximum Gasteiger partial charge on any atom is 0.100 e. The summed E-state index contributed by atoms with van der Waals surface area (Å²) < 4.78 is 0. The van der Waals surface area contributed by atoms with Crippen LogP contribution in [0.25, 0.3) is 0 Å². The van der Waals surface area contributed by atoms with E-state index in [1.54, 1.807) is 0 Å². The van der Waals surface area contributed by atoms with Gasteiger partial charge in [0, 0.05) is 13.2 Å². The van der Waals surface area contributed by atoms with Crippen molar-refractivity contribution >= 4 is 0 Å². The number of hydrogen-bond acceptors (Lipinski definition) is 4. The minimum atomic E-state index is -0.592. The minimum Gasteiger partial charge on any atom is -0.396 e. The lowest BCUT2D eigenvalue weighted by molar-refractivity contribution is 0.147. The van der Waals surface area contributed by atoms with Crippen molar-refractivity contribution in [3.8, 4) is 0 Å². The number of aliphatic hydroxyl groups excluding tert-OH is 4. The lowest BCUT2D eigenvalue weighted by Gasteiger charge is -2.22. The Morgan fingerprint density at radius 2 is 1.07 bits per heavy atom. The van der Waals surface area contributed by atoms with E-state index in [4.69, 9.17) is 0 Å². The predicted octanol–water partition coefficient (Wildman–Crippen LogP) is 4.37. The van der Waals surface area contributed by atoms with Crippen LogP contribution in [0.3, 0.4) is 0 Å². The van der Waals surface area contributed by atoms with Gasteiger partial charge in [-0.05, 0) is 71.6 Å². The Hall–Kier alpha value is -1.46. The Morgan fingerprint density at radius 1 is 0.700 bits per heavy atom. The molecular weight excluding hydrogens is 376 g/mol. The van der Waals surface area contributed by atoms with Gasteiger partial charge in [-0.1, -0.05) is 64.2 Å².